The second-order valence-corrected chi connectivity index (χ2v) is 10.6. The average molecular weight is 907 g/mol. The van der Waals surface area contributed by atoms with Crippen LogP contribution in [0.4, 0.5) is 11.4 Å². The Morgan fingerprint density at radius 3 is 1.55 bits per heavy atom. The molecule has 4 aromatic carbocycles. The molecular formula is C42H34N5O7Re-3. The fraction of sp³-hybridized carbons (Fsp3) is 0.0238. The SMILES string of the molecule is C.[CH-]=O.[CH-]=O.[CH-]=O.[CH2-][n+]1cccc(C(=O)C(=O)c2ccc(N)c([N+](=O)[O-])c2)c1.[Re].c1ccc(-c2ccnc3c2ccc2c(-c4ccccc4)ccnc23)cc1. The zero-order valence-corrected chi connectivity index (χ0v) is 31.0. The fourth-order valence-electron chi connectivity index (χ4n) is 5.33. The third-order valence-corrected chi connectivity index (χ3v) is 7.61. The first kappa shape index (κ1) is 46.0. The molecule has 279 valence electrons. The molecule has 55 heavy (non-hydrogen) atoms. The molecule has 1 radical (unpaired) electrons. The Morgan fingerprint density at radius 2 is 1.11 bits per heavy atom. The Kier molecular flexibility index (Phi) is 19.0. The summed E-state index contributed by atoms with van der Waals surface area (Å²) in [5.74, 6) is -1.61. The van der Waals surface area contributed by atoms with Crippen LogP contribution in [0.25, 0.3) is 44.1 Å². The number of aromatic nitrogens is 3. The molecule has 0 aliphatic rings. The summed E-state index contributed by atoms with van der Waals surface area (Å²) in [6.07, 6.45) is 6.75. The molecule has 0 atom stereocenters. The predicted octanol–water partition coefficient (Wildman–Crippen LogP) is 7.10. The summed E-state index contributed by atoms with van der Waals surface area (Å²) in [7, 11) is 3.59. The molecular weight excluding hydrogens is 873 g/mol. The number of nitrogens with zero attached hydrogens (tertiary/aromatic N) is 4. The van der Waals surface area contributed by atoms with E-state index in [-0.39, 0.29) is 44.7 Å². The number of pyridine rings is 3. The van der Waals surface area contributed by atoms with Gasteiger partial charge in [0.2, 0.25) is 11.6 Å². The molecule has 0 amide bonds. The molecule has 13 heteroatoms. The minimum atomic E-state index is -0.843. The molecule has 3 heterocycles. The Morgan fingerprint density at radius 1 is 0.655 bits per heavy atom. The van der Waals surface area contributed by atoms with Crippen molar-refractivity contribution < 1.29 is 53.9 Å². The molecule has 0 fully saturated rings. The van der Waals surface area contributed by atoms with Crippen molar-refractivity contribution in [3.8, 4) is 22.3 Å². The van der Waals surface area contributed by atoms with Gasteiger partial charge in [0.25, 0.3) is 5.69 Å². The molecule has 0 aliphatic carbocycles. The summed E-state index contributed by atoms with van der Waals surface area (Å²) in [6.45, 7) is 9.75. The van der Waals surface area contributed by atoms with Crippen molar-refractivity contribution in [2.24, 2.45) is 0 Å². The minimum absolute atomic E-state index is 0. The number of nitro benzene ring substituents is 1. The predicted molar refractivity (Wildman–Crippen MR) is 208 cm³/mol. The number of carbonyl (C=O) groups excluding carboxylic acids is 5. The van der Waals surface area contributed by atoms with Crippen molar-refractivity contribution in [2.45, 2.75) is 7.43 Å². The van der Waals surface area contributed by atoms with Gasteiger partial charge in [0.1, 0.15) is 5.69 Å². The summed E-state index contributed by atoms with van der Waals surface area (Å²) < 4.78 is 1.38. The number of anilines is 1. The Labute approximate surface area is 331 Å². The number of hydrogen-bond acceptors (Lipinski definition) is 10. The van der Waals surface area contributed by atoms with Crippen LogP contribution in [0.1, 0.15) is 28.1 Å². The Hall–Kier alpha value is -7.07. The summed E-state index contributed by atoms with van der Waals surface area (Å²) in [5.41, 5.74) is 11.7. The smallest absolute Gasteiger partial charge is 0.292 e. The number of rotatable bonds is 6. The third-order valence-electron chi connectivity index (χ3n) is 7.61. The van der Waals surface area contributed by atoms with E-state index in [1.54, 1.807) is 12.3 Å². The third kappa shape index (κ3) is 11.0. The number of ketones is 2. The molecule has 0 saturated heterocycles. The van der Waals surface area contributed by atoms with Crippen molar-refractivity contribution in [1.29, 1.82) is 0 Å². The van der Waals surface area contributed by atoms with Crippen LogP contribution in [0.2, 0.25) is 0 Å². The molecule has 7 rings (SSSR count). The second-order valence-electron chi connectivity index (χ2n) is 10.6. The van der Waals surface area contributed by atoms with E-state index in [0.717, 1.165) is 27.9 Å². The van der Waals surface area contributed by atoms with Crippen LogP contribution in [0.5, 0.6) is 0 Å². The van der Waals surface area contributed by atoms with E-state index in [1.807, 2.05) is 24.5 Å². The maximum atomic E-state index is 12.1. The summed E-state index contributed by atoms with van der Waals surface area (Å²) in [4.78, 5) is 66.9. The van der Waals surface area contributed by atoms with Gasteiger partial charge in [0.05, 0.1) is 28.4 Å². The van der Waals surface area contributed by atoms with Crippen molar-refractivity contribution in [3.05, 3.63) is 168 Å². The van der Waals surface area contributed by atoms with Gasteiger partial charge in [-0.3, -0.25) is 50.0 Å². The quantitative estimate of drug-likeness (QED) is 0.0208. The number of nitro groups is 1. The maximum absolute atomic E-state index is 12.1. The van der Waals surface area contributed by atoms with Gasteiger partial charge in [-0.2, -0.15) is 0 Å². The molecule has 7 aromatic rings. The van der Waals surface area contributed by atoms with Gasteiger partial charge in [-0.25, -0.2) is 0 Å². The molecule has 0 saturated carbocycles. The van der Waals surface area contributed by atoms with Crippen LogP contribution in [0.3, 0.4) is 0 Å². The number of carbonyl (C=O) groups is 2. The van der Waals surface area contributed by atoms with Crippen LogP contribution in [-0.4, -0.2) is 46.8 Å². The fourth-order valence-corrected chi connectivity index (χ4v) is 5.33. The van der Waals surface area contributed by atoms with Crippen LogP contribution >= 0.6 is 0 Å². The van der Waals surface area contributed by atoms with Crippen molar-refractivity contribution >= 4 is 65.1 Å². The van der Waals surface area contributed by atoms with Gasteiger partial charge in [0, 0.05) is 67.8 Å². The molecule has 0 aliphatic heterocycles. The topological polar surface area (TPSA) is 184 Å². The van der Waals surface area contributed by atoms with E-state index in [9.17, 15) is 19.7 Å². The van der Waals surface area contributed by atoms with Gasteiger partial charge in [-0.15, -0.1) is 0 Å². The van der Waals surface area contributed by atoms with Gasteiger partial charge in [-0.1, -0.05) is 92.4 Å². The molecule has 0 unspecified atom stereocenters. The molecule has 12 nitrogen and oxygen atoms in total. The zero-order chi connectivity index (χ0) is 38.9. The van der Waals surface area contributed by atoms with Gasteiger partial charge in [0.15, 0.2) is 0 Å². The van der Waals surface area contributed by atoms with Gasteiger partial charge in [-0.05, 0) is 46.5 Å². The molecule has 3 aromatic heterocycles. The maximum Gasteiger partial charge on any atom is 0.292 e. The second kappa shape index (κ2) is 22.8. The van der Waals surface area contributed by atoms with Gasteiger partial charge >= 0.3 is 0 Å². The number of nitrogens with two attached hydrogens (primary N) is 1. The number of nitrogen functional groups attached to an aromatic ring is 1. The van der Waals surface area contributed by atoms with Crippen LogP contribution in [0.15, 0.2) is 140 Å². The number of fused-ring (bicyclic) bond motifs is 3. The summed E-state index contributed by atoms with van der Waals surface area (Å²) in [6, 6.07) is 35.9. The zero-order valence-electron chi connectivity index (χ0n) is 28.3. The van der Waals surface area contributed by atoms with Crippen LogP contribution in [-0.2, 0) is 34.8 Å². The molecule has 0 bridgehead atoms. The molecule has 2 N–H and O–H groups in total. The van der Waals surface area contributed by atoms with Crippen molar-refractivity contribution in [2.75, 3.05) is 5.73 Å². The van der Waals surface area contributed by atoms with Crippen LogP contribution in [0, 0.1) is 17.2 Å². The van der Waals surface area contributed by atoms with Crippen molar-refractivity contribution in [3.63, 3.8) is 0 Å². The number of hydrogen-bond donors (Lipinski definition) is 1. The molecule has 0 spiro atoms. The van der Waals surface area contributed by atoms with E-state index >= 15 is 0 Å². The number of Topliss-reactive ketones (excluding diaryl/α,β-unsaturated/α-hetero) is 2. The van der Waals surface area contributed by atoms with E-state index < -0.39 is 22.2 Å². The summed E-state index contributed by atoms with van der Waals surface area (Å²) in [5, 5.41) is 13.1. The standard InChI is InChI=1S/C24H16N2.C14H11N3O4.3CHO.CH4.Re/c1-3-7-17(8-4-1)19-13-15-25-23-21(19)11-12-22-20(14-16-26-24(22)23)18-9-5-2-6-10-18;1-16-6-2-3-10(8-16)14(19)13(18)9-4-5-11(15)12(7-9)17(20)21;3*1-2;;/h1-16H;2-8H,1,15H2;3*1H;1H4;/q;;3*-1;;. The van der Waals surface area contributed by atoms with E-state index in [2.05, 4.69) is 110 Å². The normalized spacial score (nSPS) is 9.31. The monoisotopic (exact) mass is 907 g/mol. The largest absolute Gasteiger partial charge is 0.545 e. The Bertz CT molecular complexity index is 2260. The number of benzene rings is 4. The minimum Gasteiger partial charge on any atom is -0.545 e. The van der Waals surface area contributed by atoms with Crippen LogP contribution < -0.4 is 10.3 Å². The average Bonchev–Trinajstić information content (AvgIpc) is 3.23. The first-order valence-electron chi connectivity index (χ1n) is 15.2. The van der Waals surface area contributed by atoms with Gasteiger partial charge < -0.3 is 24.7 Å². The summed E-state index contributed by atoms with van der Waals surface area (Å²) >= 11 is 0. The first-order chi connectivity index (χ1) is 25.8. The van der Waals surface area contributed by atoms with E-state index in [1.165, 1.54) is 51.2 Å². The van der Waals surface area contributed by atoms with E-state index in [0.29, 0.717) is 0 Å². The van der Waals surface area contributed by atoms with E-state index in [4.69, 9.17) is 20.1 Å². The first-order valence-corrected chi connectivity index (χ1v) is 15.2. The van der Waals surface area contributed by atoms with Crippen molar-refractivity contribution in [1.82, 2.24) is 9.97 Å². The Balaban J connectivity index is 0.000000478.